The molecular weight excluding hydrogens is 340 g/mol. The van der Waals surface area contributed by atoms with Crippen molar-refractivity contribution in [2.24, 2.45) is 4.36 Å². The Morgan fingerprint density at radius 1 is 1.36 bits per heavy atom. The first-order chi connectivity index (χ1) is 10.4. The number of benzene rings is 1. The van der Waals surface area contributed by atoms with Crippen LogP contribution in [0.15, 0.2) is 62.1 Å². The highest BCUT2D eigenvalue weighted by molar-refractivity contribution is 7.93. The minimum Gasteiger partial charge on any atom is -0.288 e. The summed E-state index contributed by atoms with van der Waals surface area (Å²) in [6.07, 6.45) is 2.55. The smallest absolute Gasteiger partial charge is 0.205 e. The van der Waals surface area contributed by atoms with Gasteiger partial charge >= 0.3 is 0 Å². The van der Waals surface area contributed by atoms with Crippen molar-refractivity contribution in [2.75, 3.05) is 6.26 Å². The number of carbonyl (C=O) groups is 1. The second kappa shape index (κ2) is 6.88. The van der Waals surface area contributed by atoms with E-state index in [0.717, 1.165) is 6.20 Å². The lowest BCUT2D eigenvalue weighted by Gasteiger charge is -2.00. The molecule has 0 aliphatic rings. The number of carbonyl (C=O) groups excluding carboxylic acids is 1. The first-order valence-corrected chi connectivity index (χ1v) is 9.32. The summed E-state index contributed by atoms with van der Waals surface area (Å²) >= 11 is 7.17. The van der Waals surface area contributed by atoms with Gasteiger partial charge in [-0.05, 0) is 35.7 Å². The first-order valence-electron chi connectivity index (χ1n) is 6.08. The third-order valence-electron chi connectivity index (χ3n) is 2.79. The SMILES string of the molecule is CS(=O)(=NC=C(C#N)C(=O)c1ccc(Cl)cc1)c1ccsc1. The molecule has 0 saturated heterocycles. The molecule has 1 aromatic carbocycles. The van der Waals surface area contributed by atoms with E-state index in [0.29, 0.717) is 15.5 Å². The maximum Gasteiger partial charge on any atom is 0.205 e. The molecule has 22 heavy (non-hydrogen) atoms. The molecule has 1 aromatic heterocycles. The average molecular weight is 351 g/mol. The molecule has 0 spiro atoms. The Morgan fingerprint density at radius 2 is 2.05 bits per heavy atom. The number of nitriles is 1. The van der Waals surface area contributed by atoms with E-state index < -0.39 is 15.5 Å². The fourth-order valence-electron chi connectivity index (χ4n) is 1.58. The van der Waals surface area contributed by atoms with Gasteiger partial charge in [0.15, 0.2) is 0 Å². The standard InChI is InChI=1S/C15H11ClN2O2S2/c1-22(20,14-6-7-21-10-14)18-9-12(8-17)15(19)11-2-4-13(16)5-3-11/h2-7,9-10H,1H3. The number of Topliss-reactive ketones (excluding diaryl/α,β-unsaturated/α-hetero) is 1. The Bertz CT molecular complexity index is 869. The van der Waals surface area contributed by atoms with Crippen LogP contribution in [0, 0.1) is 11.3 Å². The van der Waals surface area contributed by atoms with Crippen molar-refractivity contribution in [1.82, 2.24) is 0 Å². The molecule has 2 rings (SSSR count). The summed E-state index contributed by atoms with van der Waals surface area (Å²) in [5, 5.41) is 13.1. The number of allylic oxidation sites excluding steroid dienone is 1. The van der Waals surface area contributed by atoms with Crippen LogP contribution in [0.2, 0.25) is 5.02 Å². The zero-order valence-corrected chi connectivity index (χ0v) is 13.9. The third-order valence-corrected chi connectivity index (χ3v) is 5.51. The molecule has 0 saturated carbocycles. The normalized spacial score (nSPS) is 14.0. The number of nitrogens with zero attached hydrogens (tertiary/aromatic N) is 2. The van der Waals surface area contributed by atoms with E-state index in [1.807, 2.05) is 0 Å². The summed E-state index contributed by atoms with van der Waals surface area (Å²) in [6, 6.07) is 9.68. The summed E-state index contributed by atoms with van der Waals surface area (Å²) in [6.45, 7) is 0. The van der Waals surface area contributed by atoms with Crippen molar-refractivity contribution >= 4 is 38.4 Å². The fourth-order valence-corrected chi connectivity index (χ4v) is 3.93. The van der Waals surface area contributed by atoms with Gasteiger partial charge in [0.1, 0.15) is 11.6 Å². The van der Waals surface area contributed by atoms with Crippen LogP contribution in [0.25, 0.3) is 0 Å². The Labute approximate surface area is 137 Å². The maximum absolute atomic E-state index is 12.4. The predicted molar refractivity (Wildman–Crippen MR) is 88.6 cm³/mol. The topological polar surface area (TPSA) is 70.3 Å². The van der Waals surface area contributed by atoms with Crippen molar-refractivity contribution < 1.29 is 9.00 Å². The van der Waals surface area contributed by atoms with Gasteiger partial charge in [0.25, 0.3) is 0 Å². The van der Waals surface area contributed by atoms with E-state index in [2.05, 4.69) is 4.36 Å². The number of hydrogen-bond donors (Lipinski definition) is 0. The summed E-state index contributed by atoms with van der Waals surface area (Å²) in [7, 11) is -2.66. The molecule has 0 bridgehead atoms. The van der Waals surface area contributed by atoms with Crippen LogP contribution >= 0.6 is 22.9 Å². The third kappa shape index (κ3) is 3.83. The maximum atomic E-state index is 12.4. The molecule has 4 nitrogen and oxygen atoms in total. The van der Waals surface area contributed by atoms with Crippen molar-refractivity contribution in [3.05, 3.63) is 63.5 Å². The zero-order valence-electron chi connectivity index (χ0n) is 11.5. The molecule has 2 aromatic rings. The van der Waals surface area contributed by atoms with E-state index in [1.54, 1.807) is 35.0 Å². The van der Waals surface area contributed by atoms with Gasteiger partial charge in [0.2, 0.25) is 5.78 Å². The van der Waals surface area contributed by atoms with Crippen LogP contribution in [-0.4, -0.2) is 16.2 Å². The van der Waals surface area contributed by atoms with E-state index in [4.69, 9.17) is 16.9 Å². The molecule has 0 fully saturated rings. The molecule has 1 atom stereocenters. The molecule has 0 aliphatic heterocycles. The van der Waals surface area contributed by atoms with E-state index in [-0.39, 0.29) is 5.57 Å². The number of ketones is 1. The fraction of sp³-hybridized carbons (Fsp3) is 0.0667. The Morgan fingerprint density at radius 3 is 2.59 bits per heavy atom. The van der Waals surface area contributed by atoms with Gasteiger partial charge in [-0.25, -0.2) is 8.57 Å². The highest BCUT2D eigenvalue weighted by atomic mass is 35.5. The molecule has 0 amide bonds. The Balaban J connectivity index is 2.36. The lowest BCUT2D eigenvalue weighted by molar-refractivity contribution is 0.103. The molecule has 0 aliphatic carbocycles. The van der Waals surface area contributed by atoms with Crippen LogP contribution in [0.4, 0.5) is 0 Å². The van der Waals surface area contributed by atoms with Crippen LogP contribution in [0.1, 0.15) is 10.4 Å². The van der Waals surface area contributed by atoms with Crippen molar-refractivity contribution in [1.29, 1.82) is 5.26 Å². The van der Waals surface area contributed by atoms with E-state index in [9.17, 15) is 9.00 Å². The molecule has 1 heterocycles. The average Bonchev–Trinajstić information content (AvgIpc) is 3.03. The second-order valence-electron chi connectivity index (χ2n) is 4.36. The van der Waals surface area contributed by atoms with Gasteiger partial charge in [-0.2, -0.15) is 16.6 Å². The molecule has 112 valence electrons. The lowest BCUT2D eigenvalue weighted by Crippen LogP contribution is -2.02. The van der Waals surface area contributed by atoms with Crippen molar-refractivity contribution in [3.8, 4) is 6.07 Å². The molecule has 7 heteroatoms. The Kier molecular flexibility index (Phi) is 5.14. The molecular formula is C15H11ClN2O2S2. The quantitative estimate of drug-likeness (QED) is 0.472. The summed E-state index contributed by atoms with van der Waals surface area (Å²) < 4.78 is 16.4. The molecule has 1 unspecified atom stereocenters. The monoisotopic (exact) mass is 350 g/mol. The van der Waals surface area contributed by atoms with E-state index >= 15 is 0 Å². The van der Waals surface area contributed by atoms with Crippen LogP contribution < -0.4 is 0 Å². The van der Waals surface area contributed by atoms with Crippen LogP contribution in [0.3, 0.4) is 0 Å². The zero-order chi connectivity index (χ0) is 16.2. The minimum atomic E-state index is -2.66. The number of hydrogen-bond acceptors (Lipinski definition) is 5. The highest BCUT2D eigenvalue weighted by Crippen LogP contribution is 2.17. The lowest BCUT2D eigenvalue weighted by atomic mass is 10.1. The summed E-state index contributed by atoms with van der Waals surface area (Å²) in [5.41, 5.74) is 0.151. The number of rotatable bonds is 4. The van der Waals surface area contributed by atoms with Crippen LogP contribution in [-0.2, 0) is 9.73 Å². The first kappa shape index (κ1) is 16.4. The van der Waals surface area contributed by atoms with Crippen molar-refractivity contribution in [2.45, 2.75) is 4.90 Å². The summed E-state index contributed by atoms with van der Waals surface area (Å²) in [5.74, 6) is -0.483. The largest absolute Gasteiger partial charge is 0.288 e. The number of halogens is 1. The summed E-state index contributed by atoms with van der Waals surface area (Å²) in [4.78, 5) is 12.8. The molecule has 0 N–H and O–H groups in total. The van der Waals surface area contributed by atoms with Gasteiger partial charge in [0.05, 0.1) is 20.8 Å². The van der Waals surface area contributed by atoms with Crippen molar-refractivity contribution in [3.63, 3.8) is 0 Å². The minimum absolute atomic E-state index is 0.174. The Hall–Kier alpha value is -1.94. The molecule has 0 radical (unpaired) electrons. The van der Waals surface area contributed by atoms with Gasteiger partial charge in [-0.1, -0.05) is 11.6 Å². The van der Waals surface area contributed by atoms with Crippen LogP contribution in [0.5, 0.6) is 0 Å². The number of thiophene rings is 1. The van der Waals surface area contributed by atoms with Gasteiger partial charge in [-0.15, -0.1) is 0 Å². The predicted octanol–water partition coefficient (Wildman–Crippen LogP) is 4.15. The van der Waals surface area contributed by atoms with Gasteiger partial charge < -0.3 is 0 Å². The van der Waals surface area contributed by atoms with Gasteiger partial charge in [-0.3, -0.25) is 4.79 Å². The highest BCUT2D eigenvalue weighted by Gasteiger charge is 2.12. The second-order valence-corrected chi connectivity index (χ2v) is 7.86. The van der Waals surface area contributed by atoms with E-state index in [1.165, 1.54) is 29.7 Å². The van der Waals surface area contributed by atoms with Gasteiger partial charge in [0, 0.05) is 22.2 Å².